The van der Waals surface area contributed by atoms with Gasteiger partial charge in [0.1, 0.15) is 6.04 Å². The van der Waals surface area contributed by atoms with Crippen LogP contribution in [0, 0.1) is 3.57 Å². The van der Waals surface area contributed by atoms with E-state index in [1.807, 2.05) is 6.07 Å². The molecule has 2 atom stereocenters. The Labute approximate surface area is 117 Å². The third kappa shape index (κ3) is 1.71. The molecule has 0 spiro atoms. The monoisotopic (exact) mass is 358 g/mol. The Morgan fingerprint density at radius 2 is 2.17 bits per heavy atom. The van der Waals surface area contributed by atoms with Crippen LogP contribution in [0.2, 0.25) is 0 Å². The van der Waals surface area contributed by atoms with Crippen LogP contribution in [-0.4, -0.2) is 40.5 Å². The fraction of sp³-hybridized carbons (Fsp3) is 0.333. The average molecular weight is 358 g/mol. The van der Waals surface area contributed by atoms with Crippen molar-refractivity contribution in [2.24, 2.45) is 0 Å². The molecule has 0 saturated carbocycles. The lowest BCUT2D eigenvalue weighted by Crippen LogP contribution is -2.40. The highest BCUT2D eigenvalue weighted by Crippen LogP contribution is 2.31. The zero-order valence-corrected chi connectivity index (χ0v) is 11.5. The van der Waals surface area contributed by atoms with E-state index in [2.05, 4.69) is 27.9 Å². The van der Waals surface area contributed by atoms with Gasteiger partial charge in [0.25, 0.3) is 5.91 Å². The molecule has 18 heavy (non-hydrogen) atoms. The van der Waals surface area contributed by atoms with Crippen LogP contribution in [-0.2, 0) is 4.79 Å². The number of fused-ring (bicyclic) bond motifs is 2. The number of amides is 2. The normalized spacial score (nSPS) is 26.4. The van der Waals surface area contributed by atoms with E-state index in [-0.39, 0.29) is 18.4 Å². The topological polar surface area (TPSA) is 69.6 Å². The van der Waals surface area contributed by atoms with Crippen molar-refractivity contribution in [3.8, 4) is 0 Å². The van der Waals surface area contributed by atoms with Gasteiger partial charge in [0.15, 0.2) is 0 Å². The fourth-order valence-electron chi connectivity index (χ4n) is 2.49. The van der Waals surface area contributed by atoms with Gasteiger partial charge in [-0.15, -0.1) is 0 Å². The Balaban J connectivity index is 2.13. The van der Waals surface area contributed by atoms with Crippen LogP contribution in [0.1, 0.15) is 16.8 Å². The molecule has 1 saturated heterocycles. The quantitative estimate of drug-likeness (QED) is 0.675. The maximum absolute atomic E-state index is 12.4. The van der Waals surface area contributed by atoms with E-state index in [0.29, 0.717) is 17.7 Å². The van der Waals surface area contributed by atoms with Crippen molar-refractivity contribution in [1.29, 1.82) is 0 Å². The number of aliphatic hydroxyl groups is 1. The van der Waals surface area contributed by atoms with Crippen LogP contribution >= 0.6 is 22.6 Å². The lowest BCUT2D eigenvalue weighted by Gasteiger charge is -2.19. The number of carbonyl (C=O) groups excluding carboxylic acids is 2. The van der Waals surface area contributed by atoms with Gasteiger partial charge in [-0.3, -0.25) is 9.59 Å². The van der Waals surface area contributed by atoms with E-state index in [9.17, 15) is 14.7 Å². The SMILES string of the molecule is O=C1Nc2cccc(I)c2C(=O)N2C[C@H](O)C[C@H]12. The first-order chi connectivity index (χ1) is 8.58. The largest absolute Gasteiger partial charge is 0.391 e. The molecule has 6 heteroatoms. The Kier molecular flexibility index (Phi) is 2.78. The summed E-state index contributed by atoms with van der Waals surface area (Å²) in [4.78, 5) is 26.0. The van der Waals surface area contributed by atoms with Gasteiger partial charge in [-0.1, -0.05) is 6.07 Å². The van der Waals surface area contributed by atoms with Crippen molar-refractivity contribution >= 4 is 40.1 Å². The second-order valence-electron chi connectivity index (χ2n) is 4.51. The summed E-state index contributed by atoms with van der Waals surface area (Å²) in [6.07, 6.45) is -0.310. The van der Waals surface area contributed by atoms with Crippen LogP contribution in [0.5, 0.6) is 0 Å². The molecule has 1 aromatic rings. The van der Waals surface area contributed by atoms with Gasteiger partial charge in [0, 0.05) is 16.5 Å². The molecule has 5 nitrogen and oxygen atoms in total. The maximum Gasteiger partial charge on any atom is 0.257 e. The minimum atomic E-state index is -0.618. The molecule has 2 aliphatic rings. The summed E-state index contributed by atoms with van der Waals surface area (Å²) in [6, 6.07) is 4.80. The molecule has 2 aliphatic heterocycles. The fourth-order valence-corrected chi connectivity index (χ4v) is 3.22. The van der Waals surface area contributed by atoms with Gasteiger partial charge in [-0.2, -0.15) is 0 Å². The summed E-state index contributed by atoms with van der Waals surface area (Å²) in [5.74, 6) is -0.407. The number of nitrogens with one attached hydrogen (secondary N) is 1. The van der Waals surface area contributed by atoms with Gasteiger partial charge < -0.3 is 15.3 Å². The number of rotatable bonds is 0. The molecule has 0 radical (unpaired) electrons. The lowest BCUT2D eigenvalue weighted by molar-refractivity contribution is -0.119. The number of hydrogen-bond acceptors (Lipinski definition) is 3. The number of anilines is 1. The molecular weight excluding hydrogens is 347 g/mol. The third-order valence-electron chi connectivity index (χ3n) is 3.33. The molecule has 0 aliphatic carbocycles. The van der Waals surface area contributed by atoms with Crippen molar-refractivity contribution in [3.63, 3.8) is 0 Å². The zero-order chi connectivity index (χ0) is 12.9. The van der Waals surface area contributed by atoms with Crippen LogP contribution in [0.25, 0.3) is 0 Å². The average Bonchev–Trinajstić information content (AvgIpc) is 2.67. The predicted molar refractivity (Wildman–Crippen MR) is 73.2 cm³/mol. The smallest absolute Gasteiger partial charge is 0.257 e. The first-order valence-electron chi connectivity index (χ1n) is 5.66. The Morgan fingerprint density at radius 1 is 1.39 bits per heavy atom. The van der Waals surface area contributed by atoms with E-state index in [1.165, 1.54) is 4.90 Å². The predicted octanol–water partition coefficient (Wildman–Crippen LogP) is 0.819. The maximum atomic E-state index is 12.4. The molecule has 0 unspecified atom stereocenters. The van der Waals surface area contributed by atoms with E-state index in [0.717, 1.165) is 3.57 Å². The highest BCUT2D eigenvalue weighted by atomic mass is 127. The summed E-state index contributed by atoms with van der Waals surface area (Å²) in [6.45, 7) is 0.224. The summed E-state index contributed by atoms with van der Waals surface area (Å²) in [7, 11) is 0. The molecule has 2 amide bonds. The third-order valence-corrected chi connectivity index (χ3v) is 4.23. The lowest BCUT2D eigenvalue weighted by atomic mass is 10.1. The van der Waals surface area contributed by atoms with Crippen LogP contribution in [0.4, 0.5) is 5.69 Å². The summed E-state index contributed by atoms with van der Waals surface area (Å²) in [5, 5.41) is 12.4. The Morgan fingerprint density at radius 3 is 2.94 bits per heavy atom. The number of carbonyl (C=O) groups is 2. The van der Waals surface area contributed by atoms with Crippen molar-refractivity contribution in [1.82, 2.24) is 4.90 Å². The second kappa shape index (κ2) is 4.20. The highest BCUT2D eigenvalue weighted by molar-refractivity contribution is 14.1. The van der Waals surface area contributed by atoms with Gasteiger partial charge >= 0.3 is 0 Å². The molecule has 1 fully saturated rings. The van der Waals surface area contributed by atoms with Gasteiger partial charge in [0.05, 0.1) is 17.4 Å². The molecule has 3 rings (SSSR count). The molecule has 2 N–H and O–H groups in total. The summed E-state index contributed by atoms with van der Waals surface area (Å²) in [5.41, 5.74) is 1.07. The zero-order valence-electron chi connectivity index (χ0n) is 9.39. The number of aliphatic hydroxyl groups excluding tert-OH is 1. The van der Waals surface area contributed by atoms with Gasteiger partial charge in [-0.25, -0.2) is 0 Å². The molecular formula is C12H11IN2O3. The number of hydrogen-bond donors (Lipinski definition) is 2. The number of benzene rings is 1. The molecule has 94 valence electrons. The van der Waals surface area contributed by atoms with Gasteiger partial charge in [-0.05, 0) is 34.7 Å². The standard InChI is InChI=1S/C12H11IN2O3/c13-7-2-1-3-8-10(7)12(18)15-5-6(16)4-9(15)11(17)14-8/h1-3,6,9,16H,4-5H2,(H,14,17)/t6-,9-/m1/s1. The Hall–Kier alpha value is -1.15. The van der Waals surface area contributed by atoms with E-state index in [1.54, 1.807) is 12.1 Å². The molecule has 1 aromatic carbocycles. The second-order valence-corrected chi connectivity index (χ2v) is 5.68. The van der Waals surface area contributed by atoms with Crippen molar-refractivity contribution in [2.45, 2.75) is 18.6 Å². The molecule has 2 heterocycles. The summed E-state index contributed by atoms with van der Waals surface area (Å²) < 4.78 is 0.803. The highest BCUT2D eigenvalue weighted by Gasteiger charge is 2.42. The first kappa shape index (κ1) is 11.9. The van der Waals surface area contributed by atoms with Gasteiger partial charge in [0.2, 0.25) is 5.91 Å². The van der Waals surface area contributed by atoms with Crippen molar-refractivity contribution in [3.05, 3.63) is 27.3 Å². The summed E-state index contributed by atoms with van der Waals surface area (Å²) >= 11 is 2.08. The van der Waals surface area contributed by atoms with E-state index < -0.39 is 12.1 Å². The molecule has 0 bridgehead atoms. The van der Waals surface area contributed by atoms with Crippen LogP contribution in [0.15, 0.2) is 18.2 Å². The van der Waals surface area contributed by atoms with Crippen LogP contribution in [0.3, 0.4) is 0 Å². The van der Waals surface area contributed by atoms with E-state index in [4.69, 9.17) is 0 Å². The minimum Gasteiger partial charge on any atom is -0.391 e. The minimum absolute atomic E-state index is 0.185. The van der Waals surface area contributed by atoms with Crippen molar-refractivity contribution in [2.75, 3.05) is 11.9 Å². The Bertz CT molecular complexity index is 546. The van der Waals surface area contributed by atoms with Crippen LogP contribution < -0.4 is 5.32 Å². The van der Waals surface area contributed by atoms with E-state index >= 15 is 0 Å². The number of nitrogens with zero attached hydrogens (tertiary/aromatic N) is 1. The van der Waals surface area contributed by atoms with Crippen molar-refractivity contribution < 1.29 is 14.7 Å². The molecule has 0 aromatic heterocycles. The number of halogens is 1. The first-order valence-corrected chi connectivity index (χ1v) is 6.74.